The first-order valence-corrected chi connectivity index (χ1v) is 24.4. The van der Waals surface area contributed by atoms with E-state index in [9.17, 15) is 25.6 Å². The summed E-state index contributed by atoms with van der Waals surface area (Å²) in [4.78, 5) is 14.2. The number of anilines is 2. The Morgan fingerprint density at radius 2 is 1.03 bits per heavy atom. The molecule has 2 aliphatic heterocycles. The van der Waals surface area contributed by atoms with Crippen LogP contribution < -0.4 is 9.80 Å². The number of hydrogen-bond acceptors (Lipinski definition) is 10. The van der Waals surface area contributed by atoms with E-state index in [1.807, 2.05) is 48.9 Å². The highest BCUT2D eigenvalue weighted by molar-refractivity contribution is 7.89. The number of thiazole rings is 2. The van der Waals surface area contributed by atoms with Crippen molar-refractivity contribution in [2.75, 3.05) is 62.2 Å². The maximum Gasteiger partial charge on any atom is 0.243 e. The summed E-state index contributed by atoms with van der Waals surface area (Å²) in [5, 5.41) is 6.11. The Bertz CT molecular complexity index is 2630. The van der Waals surface area contributed by atoms with Crippen LogP contribution in [0.1, 0.15) is 33.6 Å². The van der Waals surface area contributed by atoms with Crippen LogP contribution in [0.15, 0.2) is 105 Å². The van der Waals surface area contributed by atoms with E-state index in [0.29, 0.717) is 80.0 Å². The number of nitrogens with zero attached hydrogens (tertiary/aromatic N) is 6. The van der Waals surface area contributed by atoms with Gasteiger partial charge in [0.15, 0.2) is 10.3 Å². The molecule has 2 saturated heterocycles. The first kappa shape index (κ1) is 44.1. The van der Waals surface area contributed by atoms with Gasteiger partial charge in [-0.05, 0) is 79.6 Å². The van der Waals surface area contributed by atoms with E-state index in [0.717, 1.165) is 43.9 Å². The van der Waals surface area contributed by atoms with Crippen LogP contribution in [-0.2, 0) is 32.9 Å². The van der Waals surface area contributed by atoms with Gasteiger partial charge in [-0.15, -0.1) is 22.7 Å². The fraction of sp³-hybridized carbons (Fsp3) is 0.286. The summed E-state index contributed by atoms with van der Waals surface area (Å²) in [5.74, 6) is -0.795. The monoisotopic (exact) mass is 930 g/mol. The maximum absolute atomic E-state index is 13.5. The summed E-state index contributed by atoms with van der Waals surface area (Å²) in [5.41, 5.74) is 5.44. The van der Waals surface area contributed by atoms with Gasteiger partial charge < -0.3 is 9.80 Å². The molecular formula is C42H42Cl2F2N6O4S4. The lowest BCUT2D eigenvalue weighted by Gasteiger charge is -2.33. The number of benzene rings is 4. The molecule has 4 aromatic carbocycles. The average Bonchev–Trinajstić information content (AvgIpc) is 3.90. The van der Waals surface area contributed by atoms with Gasteiger partial charge in [-0.25, -0.2) is 35.6 Å². The van der Waals surface area contributed by atoms with Crippen LogP contribution in [-0.4, -0.2) is 87.8 Å². The van der Waals surface area contributed by atoms with Crippen LogP contribution in [0.4, 0.5) is 19.0 Å². The number of halogens is 4. The largest absolute Gasteiger partial charge is 0.345 e. The van der Waals surface area contributed by atoms with Gasteiger partial charge >= 0.3 is 0 Å². The Kier molecular flexibility index (Phi) is 13.9. The molecule has 4 heterocycles. The Balaban J connectivity index is 0.000000181. The molecule has 0 bridgehead atoms. The van der Waals surface area contributed by atoms with E-state index >= 15 is 0 Å². The molecule has 0 atom stereocenters. The second kappa shape index (κ2) is 18.9. The van der Waals surface area contributed by atoms with Gasteiger partial charge in [0.2, 0.25) is 20.0 Å². The maximum atomic E-state index is 13.5. The molecule has 0 radical (unpaired) electrons. The molecule has 60 heavy (non-hydrogen) atoms. The fourth-order valence-electron chi connectivity index (χ4n) is 6.78. The van der Waals surface area contributed by atoms with Gasteiger partial charge in [-0.1, -0.05) is 64.7 Å². The minimum absolute atomic E-state index is 0.105. The summed E-state index contributed by atoms with van der Waals surface area (Å²) < 4.78 is 81.3. The van der Waals surface area contributed by atoms with Crippen molar-refractivity contribution in [1.29, 1.82) is 0 Å². The zero-order valence-corrected chi connectivity index (χ0v) is 37.5. The van der Waals surface area contributed by atoms with E-state index in [2.05, 4.69) is 19.8 Å². The van der Waals surface area contributed by atoms with Crippen molar-refractivity contribution in [3.05, 3.63) is 151 Å². The van der Waals surface area contributed by atoms with Gasteiger partial charge in [0.1, 0.15) is 11.6 Å². The van der Waals surface area contributed by atoms with Crippen LogP contribution in [0, 0.1) is 25.5 Å². The SMILES string of the molecule is Cc1ccc(S(=O)(=O)N2CCN(c3nc(Cc4cc(F)cc(Cl)c4)cs3)CC2)cc1.Cc1ccc(S(=O)(=O)N2CCN(c3nc(Cc4ccc(F)c(Cl)c4)cs3)CC2)cc1. The van der Waals surface area contributed by atoms with E-state index in [4.69, 9.17) is 23.2 Å². The zero-order valence-electron chi connectivity index (χ0n) is 32.8. The molecule has 6 aromatic rings. The predicted molar refractivity (Wildman–Crippen MR) is 237 cm³/mol. The molecular weight excluding hydrogens is 890 g/mol. The summed E-state index contributed by atoms with van der Waals surface area (Å²) in [6.45, 7) is 7.82. The van der Waals surface area contributed by atoms with Crippen molar-refractivity contribution in [3.8, 4) is 0 Å². The number of piperazine rings is 2. The van der Waals surface area contributed by atoms with Gasteiger partial charge in [-0.2, -0.15) is 8.61 Å². The molecule has 316 valence electrons. The first-order valence-electron chi connectivity index (χ1n) is 19.1. The molecule has 10 nitrogen and oxygen atoms in total. The van der Waals surface area contributed by atoms with Crippen molar-refractivity contribution in [2.45, 2.75) is 36.5 Å². The van der Waals surface area contributed by atoms with Gasteiger partial charge in [0.05, 0.1) is 26.2 Å². The van der Waals surface area contributed by atoms with Crippen LogP contribution >= 0.6 is 45.9 Å². The summed E-state index contributed by atoms with van der Waals surface area (Å²) >= 11 is 14.8. The number of hydrogen-bond donors (Lipinski definition) is 0. The third-order valence-electron chi connectivity index (χ3n) is 10.1. The second-order valence-electron chi connectivity index (χ2n) is 14.5. The molecule has 0 aliphatic carbocycles. The molecule has 2 fully saturated rings. The number of sulfonamides is 2. The van der Waals surface area contributed by atoms with E-state index in [-0.39, 0.29) is 10.8 Å². The smallest absolute Gasteiger partial charge is 0.243 e. The first-order chi connectivity index (χ1) is 28.6. The van der Waals surface area contributed by atoms with Crippen LogP contribution in [0.3, 0.4) is 0 Å². The van der Waals surface area contributed by atoms with E-state index in [1.54, 1.807) is 42.5 Å². The second-order valence-corrected chi connectivity index (χ2v) is 20.9. The van der Waals surface area contributed by atoms with Crippen molar-refractivity contribution in [3.63, 3.8) is 0 Å². The Hall–Kier alpha value is -4.00. The molecule has 0 saturated carbocycles. The quantitative estimate of drug-likeness (QED) is 0.134. The standard InChI is InChI=1S/2C21H21ClFN3O2S2/c1-15-2-5-18(6-3-15)30(27,28)26-10-8-25(9-11-26)21-24-17(14-29-21)12-16-4-7-20(23)19(22)13-16;1-15-2-4-20(5-3-15)30(27,28)26-8-6-25(7-9-26)21-24-19(14-29-21)12-16-10-17(22)13-18(23)11-16/h2-7,13-14H,8-12H2,1H3;2-5,10-11,13-14H,6-9,12H2,1H3. The lowest BCUT2D eigenvalue weighted by Crippen LogP contribution is -2.48. The average molecular weight is 932 g/mol. The highest BCUT2D eigenvalue weighted by atomic mass is 35.5. The van der Waals surface area contributed by atoms with Gasteiger partial charge in [-0.3, -0.25) is 0 Å². The molecule has 0 spiro atoms. The minimum Gasteiger partial charge on any atom is -0.345 e. The normalized spacial score (nSPS) is 15.5. The van der Waals surface area contributed by atoms with Crippen LogP contribution in [0.5, 0.6) is 0 Å². The molecule has 2 aromatic heterocycles. The number of rotatable bonds is 10. The third kappa shape index (κ3) is 10.7. The highest BCUT2D eigenvalue weighted by Crippen LogP contribution is 2.28. The van der Waals surface area contributed by atoms with Crippen LogP contribution in [0.25, 0.3) is 0 Å². The minimum atomic E-state index is -3.49. The number of aryl methyl sites for hydroxylation is 2. The van der Waals surface area contributed by atoms with Crippen molar-refractivity contribution in [1.82, 2.24) is 18.6 Å². The molecule has 18 heteroatoms. The van der Waals surface area contributed by atoms with Crippen molar-refractivity contribution >= 4 is 76.2 Å². The Morgan fingerprint density at radius 1 is 0.583 bits per heavy atom. The Morgan fingerprint density at radius 3 is 1.47 bits per heavy atom. The summed E-state index contributed by atoms with van der Waals surface area (Å²) in [6, 6.07) is 23.0. The van der Waals surface area contributed by atoms with Crippen LogP contribution in [0.2, 0.25) is 10.0 Å². The van der Waals surface area contributed by atoms with Gasteiger partial charge in [0.25, 0.3) is 0 Å². The highest BCUT2D eigenvalue weighted by Gasteiger charge is 2.31. The molecule has 8 rings (SSSR count). The Labute approximate surface area is 367 Å². The fourth-order valence-corrected chi connectivity index (χ4v) is 11.8. The summed E-state index contributed by atoms with van der Waals surface area (Å²) in [6.07, 6.45) is 1.06. The lowest BCUT2D eigenvalue weighted by atomic mass is 10.1. The van der Waals surface area contributed by atoms with Gasteiger partial charge in [0, 0.05) is 81.0 Å². The van der Waals surface area contributed by atoms with Crippen molar-refractivity contribution < 1.29 is 25.6 Å². The predicted octanol–water partition coefficient (Wildman–Crippen LogP) is 8.69. The molecule has 0 unspecified atom stereocenters. The zero-order chi connectivity index (χ0) is 42.6. The molecule has 2 aliphatic rings. The lowest BCUT2D eigenvalue weighted by molar-refractivity contribution is 0.384. The third-order valence-corrected chi connectivity index (χ3v) is 16.3. The van der Waals surface area contributed by atoms with Crippen molar-refractivity contribution in [2.24, 2.45) is 0 Å². The molecule has 0 amide bonds. The van der Waals surface area contributed by atoms with E-state index in [1.165, 1.54) is 49.5 Å². The topological polar surface area (TPSA) is 107 Å². The van der Waals surface area contributed by atoms with E-state index < -0.39 is 25.9 Å². The summed E-state index contributed by atoms with van der Waals surface area (Å²) in [7, 11) is -6.97. The molecule has 0 N–H and O–H groups in total. The number of aromatic nitrogens is 2.